The number of aromatic amines is 1. The van der Waals surface area contributed by atoms with E-state index in [-0.39, 0.29) is 17.9 Å². The molecule has 0 saturated heterocycles. The molecule has 0 bridgehead atoms. The van der Waals surface area contributed by atoms with Gasteiger partial charge in [-0.05, 0) is 36.6 Å². The summed E-state index contributed by atoms with van der Waals surface area (Å²) < 4.78 is 1.76. The molecule has 158 valence electrons. The Bertz CT molecular complexity index is 1220. The molecule has 6 nitrogen and oxygen atoms in total. The average Bonchev–Trinajstić information content (AvgIpc) is 3.43. The van der Waals surface area contributed by atoms with Gasteiger partial charge in [0.1, 0.15) is 12.7 Å². The first-order chi connectivity index (χ1) is 15.1. The SMILES string of the molecule is CC1c2[nH]c3ccccc3c2C(c2ccccc2Cl)CN1C(=O)CCCn1cncn1. The predicted octanol–water partition coefficient (Wildman–Crippen LogP) is 4.93. The molecule has 0 spiro atoms. The fourth-order valence-corrected chi connectivity index (χ4v) is 4.97. The number of rotatable bonds is 5. The van der Waals surface area contributed by atoms with Crippen molar-refractivity contribution in [1.29, 1.82) is 0 Å². The number of benzene rings is 2. The second kappa shape index (κ2) is 8.19. The number of nitrogens with one attached hydrogen (secondary N) is 1. The number of aryl methyl sites for hydroxylation is 1. The molecule has 7 heteroatoms. The maximum Gasteiger partial charge on any atom is 0.223 e. The van der Waals surface area contributed by atoms with E-state index in [9.17, 15) is 4.79 Å². The molecule has 1 aliphatic rings. The molecule has 0 fully saturated rings. The fraction of sp³-hybridized carbons (Fsp3) is 0.292. The van der Waals surface area contributed by atoms with Crippen LogP contribution in [0.4, 0.5) is 0 Å². The molecule has 4 aromatic rings. The summed E-state index contributed by atoms with van der Waals surface area (Å²) in [6, 6.07) is 16.3. The summed E-state index contributed by atoms with van der Waals surface area (Å²) in [7, 11) is 0. The highest BCUT2D eigenvalue weighted by atomic mass is 35.5. The van der Waals surface area contributed by atoms with E-state index in [0.717, 1.165) is 28.2 Å². The molecule has 1 amide bonds. The monoisotopic (exact) mass is 433 g/mol. The van der Waals surface area contributed by atoms with Crippen molar-refractivity contribution in [2.45, 2.75) is 38.3 Å². The van der Waals surface area contributed by atoms with E-state index in [1.54, 1.807) is 11.0 Å². The zero-order chi connectivity index (χ0) is 21.4. The van der Waals surface area contributed by atoms with Gasteiger partial charge in [0.05, 0.1) is 6.04 Å². The highest BCUT2D eigenvalue weighted by molar-refractivity contribution is 6.31. The molecule has 2 aromatic carbocycles. The molecule has 1 N–H and O–H groups in total. The predicted molar refractivity (Wildman–Crippen MR) is 121 cm³/mol. The van der Waals surface area contributed by atoms with Gasteiger partial charge in [0.2, 0.25) is 5.91 Å². The Labute approximate surface area is 185 Å². The number of amides is 1. The summed E-state index contributed by atoms with van der Waals surface area (Å²) in [6.45, 7) is 3.40. The molecule has 2 unspecified atom stereocenters. The Hall–Kier alpha value is -3.12. The molecule has 2 atom stereocenters. The van der Waals surface area contributed by atoms with Gasteiger partial charge in [-0.1, -0.05) is 48.0 Å². The minimum absolute atomic E-state index is 0.0234. The van der Waals surface area contributed by atoms with Gasteiger partial charge in [-0.15, -0.1) is 0 Å². The molecular formula is C24H24ClN5O. The Balaban J connectivity index is 1.49. The Kier molecular flexibility index (Phi) is 5.24. The van der Waals surface area contributed by atoms with Gasteiger partial charge in [-0.3, -0.25) is 9.48 Å². The zero-order valence-corrected chi connectivity index (χ0v) is 18.1. The van der Waals surface area contributed by atoms with Gasteiger partial charge >= 0.3 is 0 Å². The Morgan fingerprint density at radius 3 is 2.81 bits per heavy atom. The van der Waals surface area contributed by atoms with Crippen molar-refractivity contribution in [3.8, 4) is 0 Å². The van der Waals surface area contributed by atoms with Crippen molar-refractivity contribution in [3.63, 3.8) is 0 Å². The summed E-state index contributed by atoms with van der Waals surface area (Å²) in [5, 5.41) is 6.05. The number of carbonyl (C=O) groups excluding carboxylic acids is 1. The van der Waals surface area contributed by atoms with E-state index < -0.39 is 0 Å². The van der Waals surface area contributed by atoms with Crippen LogP contribution in [-0.2, 0) is 11.3 Å². The lowest BCUT2D eigenvalue weighted by atomic mass is 9.83. The van der Waals surface area contributed by atoms with E-state index in [4.69, 9.17) is 11.6 Å². The third-order valence-corrected chi connectivity index (χ3v) is 6.58. The minimum Gasteiger partial charge on any atom is -0.356 e. The van der Waals surface area contributed by atoms with Gasteiger partial charge in [-0.25, -0.2) is 4.98 Å². The number of hydrogen-bond donors (Lipinski definition) is 1. The molecule has 1 aliphatic heterocycles. The number of carbonyl (C=O) groups is 1. The topological polar surface area (TPSA) is 66.8 Å². The summed E-state index contributed by atoms with van der Waals surface area (Å²) in [4.78, 5) is 22.8. The first-order valence-corrected chi connectivity index (χ1v) is 11.0. The highest BCUT2D eigenvalue weighted by Crippen LogP contribution is 2.44. The van der Waals surface area contributed by atoms with Crippen molar-refractivity contribution in [1.82, 2.24) is 24.6 Å². The molecular weight excluding hydrogens is 410 g/mol. The number of fused-ring (bicyclic) bond motifs is 3. The van der Waals surface area contributed by atoms with Crippen LogP contribution in [-0.4, -0.2) is 37.1 Å². The van der Waals surface area contributed by atoms with Crippen LogP contribution >= 0.6 is 11.6 Å². The molecule has 0 saturated carbocycles. The van der Waals surface area contributed by atoms with Gasteiger partial charge in [-0.2, -0.15) is 5.10 Å². The lowest BCUT2D eigenvalue weighted by Gasteiger charge is -2.39. The molecule has 0 radical (unpaired) electrons. The van der Waals surface area contributed by atoms with Crippen molar-refractivity contribution in [2.75, 3.05) is 6.54 Å². The number of H-pyrrole nitrogens is 1. The lowest BCUT2D eigenvalue weighted by Crippen LogP contribution is -2.41. The van der Waals surface area contributed by atoms with Crippen molar-refractivity contribution >= 4 is 28.4 Å². The number of hydrogen-bond acceptors (Lipinski definition) is 3. The average molecular weight is 434 g/mol. The van der Waals surface area contributed by atoms with Gasteiger partial charge in [0.25, 0.3) is 0 Å². The summed E-state index contributed by atoms with van der Waals surface area (Å²) in [5.41, 5.74) is 4.50. The Morgan fingerprint density at radius 2 is 2.00 bits per heavy atom. The number of nitrogens with zero attached hydrogens (tertiary/aromatic N) is 4. The van der Waals surface area contributed by atoms with Crippen LogP contribution in [0.1, 0.15) is 48.5 Å². The molecule has 0 aliphatic carbocycles. The smallest absolute Gasteiger partial charge is 0.223 e. The van der Waals surface area contributed by atoms with E-state index in [1.807, 2.05) is 29.2 Å². The number of para-hydroxylation sites is 1. The van der Waals surface area contributed by atoms with Crippen LogP contribution in [0, 0.1) is 0 Å². The van der Waals surface area contributed by atoms with E-state index in [2.05, 4.69) is 46.3 Å². The third-order valence-electron chi connectivity index (χ3n) is 6.24. The molecule has 31 heavy (non-hydrogen) atoms. The molecule has 5 rings (SSSR count). The summed E-state index contributed by atoms with van der Waals surface area (Å²) in [6.07, 6.45) is 4.38. The van der Waals surface area contributed by atoms with Crippen LogP contribution in [0.2, 0.25) is 5.02 Å². The van der Waals surface area contributed by atoms with Crippen LogP contribution < -0.4 is 0 Å². The fourth-order valence-electron chi connectivity index (χ4n) is 4.70. The van der Waals surface area contributed by atoms with Crippen molar-refractivity contribution < 1.29 is 4.79 Å². The summed E-state index contributed by atoms with van der Waals surface area (Å²) >= 11 is 6.62. The molecule has 3 heterocycles. The van der Waals surface area contributed by atoms with Gasteiger partial charge in [0.15, 0.2) is 0 Å². The zero-order valence-electron chi connectivity index (χ0n) is 17.3. The van der Waals surface area contributed by atoms with Crippen LogP contribution in [0.15, 0.2) is 61.2 Å². The second-order valence-corrected chi connectivity index (χ2v) is 8.46. The van der Waals surface area contributed by atoms with Gasteiger partial charge in [0, 0.05) is 47.0 Å². The number of halogens is 1. The van der Waals surface area contributed by atoms with E-state index >= 15 is 0 Å². The van der Waals surface area contributed by atoms with Gasteiger partial charge < -0.3 is 9.88 Å². The standard InChI is InChI=1S/C24H24ClN5O/c1-16-24-23(18-8-3-5-10-21(18)28-24)19(17-7-2-4-9-20(17)25)13-30(16)22(31)11-6-12-29-15-26-14-27-29/h2-5,7-10,14-16,19,28H,6,11-13H2,1H3. The second-order valence-electron chi connectivity index (χ2n) is 8.06. The lowest BCUT2D eigenvalue weighted by molar-refractivity contribution is -0.134. The third kappa shape index (κ3) is 3.61. The largest absolute Gasteiger partial charge is 0.356 e. The maximum absolute atomic E-state index is 13.3. The Morgan fingerprint density at radius 1 is 1.19 bits per heavy atom. The maximum atomic E-state index is 13.3. The van der Waals surface area contributed by atoms with Crippen LogP contribution in [0.3, 0.4) is 0 Å². The quantitative estimate of drug-likeness (QED) is 0.485. The first-order valence-electron chi connectivity index (χ1n) is 10.6. The van der Waals surface area contributed by atoms with Crippen LogP contribution in [0.5, 0.6) is 0 Å². The van der Waals surface area contributed by atoms with E-state index in [0.29, 0.717) is 19.5 Å². The summed E-state index contributed by atoms with van der Waals surface area (Å²) in [5.74, 6) is 0.171. The van der Waals surface area contributed by atoms with Crippen molar-refractivity contribution in [2.24, 2.45) is 0 Å². The minimum atomic E-state index is -0.0278. The first kappa shape index (κ1) is 19.8. The highest BCUT2D eigenvalue weighted by Gasteiger charge is 2.37. The normalized spacial score (nSPS) is 18.3. The van der Waals surface area contributed by atoms with Crippen LogP contribution in [0.25, 0.3) is 10.9 Å². The van der Waals surface area contributed by atoms with E-state index in [1.165, 1.54) is 17.3 Å². The number of aromatic nitrogens is 4. The molecule has 2 aromatic heterocycles. The van der Waals surface area contributed by atoms with Crippen molar-refractivity contribution in [3.05, 3.63) is 83.0 Å².